The largest absolute Gasteiger partial charge is 0.271 e. The number of amides is 1. The van der Waals surface area contributed by atoms with Crippen LogP contribution in [0, 0.1) is 6.92 Å². The molecule has 0 radical (unpaired) electrons. The molecule has 1 aromatic carbocycles. The van der Waals surface area contributed by atoms with Gasteiger partial charge in [-0.05, 0) is 30.5 Å². The standard InChI is InChI=1S/C13H12N2OS/c1-10-4-2-5-11(8-10)13(16)15-14-9-12-6-3-7-17-12/h2-9H,1H3,(H,15,16). The van der Waals surface area contributed by atoms with Gasteiger partial charge in [0.15, 0.2) is 0 Å². The van der Waals surface area contributed by atoms with Crippen LogP contribution in [0.15, 0.2) is 46.9 Å². The van der Waals surface area contributed by atoms with Crippen molar-refractivity contribution in [3.05, 3.63) is 57.8 Å². The monoisotopic (exact) mass is 244 g/mol. The number of hydrazone groups is 1. The van der Waals surface area contributed by atoms with Gasteiger partial charge >= 0.3 is 0 Å². The predicted molar refractivity (Wildman–Crippen MR) is 70.6 cm³/mol. The molecule has 0 spiro atoms. The lowest BCUT2D eigenvalue weighted by Gasteiger charge is -2.00. The molecule has 4 heteroatoms. The van der Waals surface area contributed by atoms with Gasteiger partial charge < -0.3 is 0 Å². The average molecular weight is 244 g/mol. The molecule has 0 aliphatic heterocycles. The van der Waals surface area contributed by atoms with Crippen LogP contribution < -0.4 is 5.43 Å². The second-order valence-electron chi connectivity index (χ2n) is 3.58. The molecule has 0 saturated heterocycles. The normalized spacial score (nSPS) is 10.6. The number of rotatable bonds is 3. The van der Waals surface area contributed by atoms with Crippen molar-refractivity contribution in [3.8, 4) is 0 Å². The Hall–Kier alpha value is -1.94. The van der Waals surface area contributed by atoms with Crippen molar-refractivity contribution in [2.24, 2.45) is 5.10 Å². The number of benzene rings is 1. The maximum Gasteiger partial charge on any atom is 0.271 e. The Balaban J connectivity index is 1.98. The molecule has 86 valence electrons. The van der Waals surface area contributed by atoms with Crippen molar-refractivity contribution < 1.29 is 4.79 Å². The molecule has 3 nitrogen and oxygen atoms in total. The molecule has 0 aliphatic carbocycles. The Bertz CT molecular complexity index is 532. The quantitative estimate of drug-likeness (QED) is 0.654. The van der Waals surface area contributed by atoms with E-state index in [1.807, 2.05) is 42.6 Å². The second kappa shape index (κ2) is 5.41. The molecular formula is C13H12N2OS. The summed E-state index contributed by atoms with van der Waals surface area (Å²) in [6.07, 6.45) is 1.64. The van der Waals surface area contributed by atoms with Crippen LogP contribution in [0.2, 0.25) is 0 Å². The first-order valence-electron chi connectivity index (χ1n) is 5.19. The molecule has 0 aliphatic rings. The maximum atomic E-state index is 11.7. The fourth-order valence-electron chi connectivity index (χ4n) is 1.37. The average Bonchev–Trinajstić information content (AvgIpc) is 2.82. The number of nitrogens with zero attached hydrogens (tertiary/aromatic N) is 1. The van der Waals surface area contributed by atoms with Crippen molar-refractivity contribution in [2.75, 3.05) is 0 Å². The molecule has 2 aromatic rings. The number of carbonyl (C=O) groups is 1. The lowest BCUT2D eigenvalue weighted by Crippen LogP contribution is -2.17. The highest BCUT2D eigenvalue weighted by Gasteiger charge is 2.02. The summed E-state index contributed by atoms with van der Waals surface area (Å²) in [6, 6.07) is 11.3. The van der Waals surface area contributed by atoms with Gasteiger partial charge in [0.05, 0.1) is 6.21 Å². The van der Waals surface area contributed by atoms with Crippen LogP contribution in [0.4, 0.5) is 0 Å². The summed E-state index contributed by atoms with van der Waals surface area (Å²) in [4.78, 5) is 12.7. The SMILES string of the molecule is Cc1cccc(C(=O)NN=Cc2cccs2)c1. The fourth-order valence-corrected chi connectivity index (χ4v) is 1.96. The molecule has 2 rings (SSSR count). The van der Waals surface area contributed by atoms with E-state index in [1.54, 1.807) is 23.6 Å². The van der Waals surface area contributed by atoms with Crippen LogP contribution in [0.1, 0.15) is 20.8 Å². The first kappa shape index (κ1) is 11.5. The van der Waals surface area contributed by atoms with E-state index >= 15 is 0 Å². The van der Waals surface area contributed by atoms with Gasteiger partial charge in [-0.1, -0.05) is 23.8 Å². The van der Waals surface area contributed by atoms with Gasteiger partial charge in [0, 0.05) is 10.4 Å². The number of aryl methyl sites for hydroxylation is 1. The molecule has 1 N–H and O–H groups in total. The van der Waals surface area contributed by atoms with Gasteiger partial charge in [-0.2, -0.15) is 5.10 Å². The second-order valence-corrected chi connectivity index (χ2v) is 4.56. The zero-order valence-electron chi connectivity index (χ0n) is 9.38. The highest BCUT2D eigenvalue weighted by Crippen LogP contribution is 2.05. The Labute approximate surface area is 104 Å². The summed E-state index contributed by atoms with van der Waals surface area (Å²) in [6.45, 7) is 1.95. The lowest BCUT2D eigenvalue weighted by molar-refractivity contribution is 0.0955. The van der Waals surface area contributed by atoms with Gasteiger partial charge in [0.1, 0.15) is 0 Å². The molecule has 0 saturated carbocycles. The van der Waals surface area contributed by atoms with Gasteiger partial charge in [-0.15, -0.1) is 11.3 Å². The third-order valence-electron chi connectivity index (χ3n) is 2.18. The van der Waals surface area contributed by atoms with Crippen molar-refractivity contribution in [1.29, 1.82) is 0 Å². The van der Waals surface area contributed by atoms with Crippen LogP contribution in [0.25, 0.3) is 0 Å². The minimum atomic E-state index is -0.193. The molecular weight excluding hydrogens is 232 g/mol. The van der Waals surface area contributed by atoms with Crippen LogP contribution in [-0.2, 0) is 0 Å². The van der Waals surface area contributed by atoms with Crippen molar-refractivity contribution in [1.82, 2.24) is 5.43 Å². The zero-order chi connectivity index (χ0) is 12.1. The summed E-state index contributed by atoms with van der Waals surface area (Å²) < 4.78 is 0. The van der Waals surface area contributed by atoms with Crippen LogP contribution >= 0.6 is 11.3 Å². The van der Waals surface area contributed by atoms with E-state index in [-0.39, 0.29) is 5.91 Å². The first-order valence-corrected chi connectivity index (χ1v) is 6.07. The lowest BCUT2D eigenvalue weighted by atomic mass is 10.1. The molecule has 0 fully saturated rings. The molecule has 0 atom stereocenters. The zero-order valence-corrected chi connectivity index (χ0v) is 10.2. The van der Waals surface area contributed by atoms with Crippen molar-refractivity contribution >= 4 is 23.5 Å². The van der Waals surface area contributed by atoms with E-state index in [0.29, 0.717) is 5.56 Å². The Morgan fingerprint density at radius 1 is 1.35 bits per heavy atom. The van der Waals surface area contributed by atoms with Gasteiger partial charge in [0.25, 0.3) is 5.91 Å². The van der Waals surface area contributed by atoms with Crippen LogP contribution in [0.5, 0.6) is 0 Å². The molecule has 0 bridgehead atoms. The molecule has 1 heterocycles. The van der Waals surface area contributed by atoms with E-state index in [2.05, 4.69) is 10.5 Å². The summed E-state index contributed by atoms with van der Waals surface area (Å²) in [7, 11) is 0. The van der Waals surface area contributed by atoms with E-state index in [9.17, 15) is 4.79 Å². The summed E-state index contributed by atoms with van der Waals surface area (Å²) in [5.41, 5.74) is 4.18. The number of hydrogen-bond donors (Lipinski definition) is 1. The first-order chi connectivity index (χ1) is 8.25. The minimum Gasteiger partial charge on any atom is -0.267 e. The summed E-state index contributed by atoms with van der Waals surface area (Å²) in [5.74, 6) is -0.193. The van der Waals surface area contributed by atoms with E-state index in [0.717, 1.165) is 10.4 Å². The van der Waals surface area contributed by atoms with Crippen molar-refractivity contribution in [2.45, 2.75) is 6.92 Å². The highest BCUT2D eigenvalue weighted by molar-refractivity contribution is 7.11. The fraction of sp³-hybridized carbons (Fsp3) is 0.0769. The topological polar surface area (TPSA) is 41.5 Å². The van der Waals surface area contributed by atoms with Crippen LogP contribution in [-0.4, -0.2) is 12.1 Å². The Morgan fingerprint density at radius 2 is 2.24 bits per heavy atom. The predicted octanol–water partition coefficient (Wildman–Crippen LogP) is 2.82. The van der Waals surface area contributed by atoms with Gasteiger partial charge in [0.2, 0.25) is 0 Å². The van der Waals surface area contributed by atoms with E-state index < -0.39 is 0 Å². The molecule has 0 unspecified atom stereocenters. The van der Waals surface area contributed by atoms with Gasteiger partial charge in [-0.3, -0.25) is 4.79 Å². The summed E-state index contributed by atoms with van der Waals surface area (Å²) >= 11 is 1.57. The number of thiophene rings is 1. The smallest absolute Gasteiger partial charge is 0.267 e. The highest BCUT2D eigenvalue weighted by atomic mass is 32.1. The van der Waals surface area contributed by atoms with E-state index in [1.165, 1.54) is 0 Å². The van der Waals surface area contributed by atoms with Crippen molar-refractivity contribution in [3.63, 3.8) is 0 Å². The molecule has 17 heavy (non-hydrogen) atoms. The number of hydrogen-bond acceptors (Lipinski definition) is 3. The minimum absolute atomic E-state index is 0.193. The Kier molecular flexibility index (Phi) is 3.67. The molecule has 1 amide bonds. The third kappa shape index (κ3) is 3.26. The number of nitrogens with one attached hydrogen (secondary N) is 1. The number of carbonyl (C=O) groups excluding carboxylic acids is 1. The third-order valence-corrected chi connectivity index (χ3v) is 2.99. The molecule has 1 aromatic heterocycles. The Morgan fingerprint density at radius 3 is 2.94 bits per heavy atom. The summed E-state index contributed by atoms with van der Waals surface area (Å²) in [5, 5.41) is 5.87. The van der Waals surface area contributed by atoms with Gasteiger partial charge in [-0.25, -0.2) is 5.43 Å². The van der Waals surface area contributed by atoms with E-state index in [4.69, 9.17) is 0 Å². The van der Waals surface area contributed by atoms with Crippen LogP contribution in [0.3, 0.4) is 0 Å². The maximum absolute atomic E-state index is 11.7.